The molecule has 0 aliphatic rings. The highest BCUT2D eigenvalue weighted by Crippen LogP contribution is 2.26. The van der Waals surface area contributed by atoms with Crippen LogP contribution in [0.4, 0.5) is 5.69 Å². The Morgan fingerprint density at radius 3 is 2.27 bits per heavy atom. The van der Waals surface area contributed by atoms with Gasteiger partial charge in [-0.2, -0.15) is 0 Å². The van der Waals surface area contributed by atoms with Crippen LogP contribution >= 0.6 is 0 Å². The Balaban J connectivity index is 2.30. The molecule has 2 rings (SSSR count). The fourth-order valence-corrected chi connectivity index (χ4v) is 2.91. The van der Waals surface area contributed by atoms with Crippen LogP contribution in [-0.2, 0) is 19.3 Å². The molecule has 0 spiro atoms. The van der Waals surface area contributed by atoms with Crippen LogP contribution in [0.1, 0.15) is 43.0 Å². The number of rotatable bonds is 6. The zero-order chi connectivity index (χ0) is 16.1. The lowest BCUT2D eigenvalue weighted by molar-refractivity contribution is 0.643. The zero-order valence-electron chi connectivity index (χ0n) is 14.0. The van der Waals surface area contributed by atoms with Crippen molar-refractivity contribution in [2.24, 2.45) is 5.92 Å². The quantitative estimate of drug-likeness (QED) is 0.720. The first kappa shape index (κ1) is 16.4. The molecule has 1 heteroatoms. The first-order valence-electron chi connectivity index (χ1n) is 8.14. The van der Waals surface area contributed by atoms with E-state index in [1.807, 2.05) is 12.1 Å². The molecule has 0 aliphatic carbocycles. The Morgan fingerprint density at radius 1 is 1.05 bits per heavy atom. The molecule has 0 heterocycles. The third kappa shape index (κ3) is 4.00. The molecule has 2 aromatic rings. The van der Waals surface area contributed by atoms with E-state index in [1.54, 1.807) is 0 Å². The Morgan fingerprint density at radius 2 is 1.68 bits per heavy atom. The topological polar surface area (TPSA) is 26.0 Å². The second-order valence-corrected chi connectivity index (χ2v) is 6.41. The molecule has 0 aliphatic heterocycles. The van der Waals surface area contributed by atoms with E-state index in [1.165, 1.54) is 22.3 Å². The first-order chi connectivity index (χ1) is 10.5. The van der Waals surface area contributed by atoms with Crippen molar-refractivity contribution in [3.63, 3.8) is 0 Å². The van der Waals surface area contributed by atoms with E-state index in [0.717, 1.165) is 30.5 Å². The molecule has 2 N–H and O–H groups in total. The fourth-order valence-electron chi connectivity index (χ4n) is 2.91. The summed E-state index contributed by atoms with van der Waals surface area (Å²) < 4.78 is 0. The Labute approximate surface area is 134 Å². The van der Waals surface area contributed by atoms with Crippen molar-refractivity contribution in [3.05, 3.63) is 71.3 Å². The van der Waals surface area contributed by atoms with Gasteiger partial charge in [0, 0.05) is 5.69 Å². The number of aryl methyl sites for hydroxylation is 1. The summed E-state index contributed by atoms with van der Waals surface area (Å²) in [5.74, 6) is 0.663. The summed E-state index contributed by atoms with van der Waals surface area (Å²) in [6, 6.07) is 14.7. The summed E-state index contributed by atoms with van der Waals surface area (Å²) >= 11 is 0. The minimum absolute atomic E-state index is 0.663. The predicted molar refractivity (Wildman–Crippen MR) is 98.0 cm³/mol. The summed E-state index contributed by atoms with van der Waals surface area (Å²) in [4.78, 5) is 0. The first-order valence-corrected chi connectivity index (χ1v) is 8.14. The average Bonchev–Trinajstić information content (AvgIpc) is 2.49. The van der Waals surface area contributed by atoms with Crippen molar-refractivity contribution in [1.82, 2.24) is 0 Å². The SMILES string of the molecule is C=C(Cc1c(CC)cccc1CC(C)C)c1ccc(N)cc1. The van der Waals surface area contributed by atoms with Gasteiger partial charge in [-0.15, -0.1) is 0 Å². The second-order valence-electron chi connectivity index (χ2n) is 6.41. The van der Waals surface area contributed by atoms with E-state index in [-0.39, 0.29) is 0 Å². The maximum absolute atomic E-state index is 5.77. The minimum atomic E-state index is 0.663. The molecule has 2 aromatic carbocycles. The van der Waals surface area contributed by atoms with E-state index >= 15 is 0 Å². The Hall–Kier alpha value is -2.02. The molecule has 0 aromatic heterocycles. The zero-order valence-corrected chi connectivity index (χ0v) is 14.0. The van der Waals surface area contributed by atoms with E-state index in [4.69, 9.17) is 5.73 Å². The molecule has 0 fully saturated rings. The average molecular weight is 293 g/mol. The number of nitrogen functional groups attached to an aromatic ring is 1. The highest BCUT2D eigenvalue weighted by Gasteiger charge is 2.11. The van der Waals surface area contributed by atoms with Crippen LogP contribution in [0.3, 0.4) is 0 Å². The third-order valence-electron chi connectivity index (χ3n) is 4.09. The van der Waals surface area contributed by atoms with Gasteiger partial charge in [0.1, 0.15) is 0 Å². The van der Waals surface area contributed by atoms with Gasteiger partial charge in [0.2, 0.25) is 0 Å². The predicted octanol–water partition coefficient (Wildman–Crippen LogP) is 5.29. The molecule has 0 saturated carbocycles. The highest BCUT2D eigenvalue weighted by molar-refractivity contribution is 5.68. The van der Waals surface area contributed by atoms with Crippen molar-refractivity contribution in [3.8, 4) is 0 Å². The second kappa shape index (κ2) is 7.31. The summed E-state index contributed by atoms with van der Waals surface area (Å²) in [7, 11) is 0. The standard InChI is InChI=1S/C21H27N/c1-5-17-7-6-8-19(13-15(2)3)21(17)14-16(4)18-9-11-20(22)12-10-18/h6-12,15H,4-5,13-14,22H2,1-3H3. The maximum Gasteiger partial charge on any atom is 0.0314 e. The molecule has 1 nitrogen and oxygen atoms in total. The van der Waals surface area contributed by atoms with Gasteiger partial charge in [-0.25, -0.2) is 0 Å². The van der Waals surface area contributed by atoms with Gasteiger partial charge >= 0.3 is 0 Å². The number of hydrogen-bond donors (Lipinski definition) is 1. The number of nitrogens with two attached hydrogens (primary N) is 1. The van der Waals surface area contributed by atoms with Crippen molar-refractivity contribution in [1.29, 1.82) is 0 Å². The van der Waals surface area contributed by atoms with Crippen LogP contribution in [0, 0.1) is 5.92 Å². The van der Waals surface area contributed by atoms with Gasteiger partial charge in [-0.3, -0.25) is 0 Å². The van der Waals surface area contributed by atoms with Crippen molar-refractivity contribution in [2.45, 2.75) is 40.0 Å². The number of benzene rings is 2. The van der Waals surface area contributed by atoms with E-state index < -0.39 is 0 Å². The van der Waals surface area contributed by atoms with Crippen molar-refractivity contribution < 1.29 is 0 Å². The Bertz CT molecular complexity index is 635. The lowest BCUT2D eigenvalue weighted by atomic mass is 9.88. The molecule has 0 amide bonds. The number of hydrogen-bond acceptors (Lipinski definition) is 1. The van der Waals surface area contributed by atoms with Gasteiger partial charge in [0.05, 0.1) is 0 Å². The molecule has 0 radical (unpaired) electrons. The van der Waals surface area contributed by atoms with Crippen LogP contribution < -0.4 is 5.73 Å². The molecule has 0 unspecified atom stereocenters. The summed E-state index contributed by atoms with van der Waals surface area (Å²) in [6.07, 6.45) is 3.10. The minimum Gasteiger partial charge on any atom is -0.399 e. The van der Waals surface area contributed by atoms with Gasteiger partial charge in [0.25, 0.3) is 0 Å². The van der Waals surface area contributed by atoms with E-state index in [2.05, 4.69) is 57.7 Å². The molecular formula is C21H27N. The number of allylic oxidation sites excluding steroid dienone is 1. The van der Waals surface area contributed by atoms with Gasteiger partial charge in [0.15, 0.2) is 0 Å². The van der Waals surface area contributed by atoms with Crippen LogP contribution in [0.2, 0.25) is 0 Å². The van der Waals surface area contributed by atoms with Crippen molar-refractivity contribution >= 4 is 11.3 Å². The smallest absolute Gasteiger partial charge is 0.0314 e. The van der Waals surface area contributed by atoms with Gasteiger partial charge < -0.3 is 5.73 Å². The lowest BCUT2D eigenvalue weighted by Crippen LogP contribution is -2.04. The van der Waals surface area contributed by atoms with Crippen LogP contribution in [0.5, 0.6) is 0 Å². The molecule has 0 atom stereocenters. The molecular weight excluding hydrogens is 266 g/mol. The van der Waals surface area contributed by atoms with E-state index in [9.17, 15) is 0 Å². The Kier molecular flexibility index (Phi) is 5.43. The summed E-state index contributed by atoms with van der Waals surface area (Å²) in [6.45, 7) is 11.1. The number of anilines is 1. The largest absolute Gasteiger partial charge is 0.399 e. The molecule has 22 heavy (non-hydrogen) atoms. The van der Waals surface area contributed by atoms with Gasteiger partial charge in [-0.05, 0) is 65.1 Å². The monoisotopic (exact) mass is 293 g/mol. The fraction of sp³-hybridized carbons (Fsp3) is 0.333. The normalized spacial score (nSPS) is 10.9. The van der Waals surface area contributed by atoms with Crippen molar-refractivity contribution in [2.75, 3.05) is 5.73 Å². The summed E-state index contributed by atoms with van der Waals surface area (Å²) in [5.41, 5.74) is 13.3. The van der Waals surface area contributed by atoms with E-state index in [0.29, 0.717) is 5.92 Å². The van der Waals surface area contributed by atoms with Gasteiger partial charge in [-0.1, -0.05) is 57.7 Å². The van der Waals surface area contributed by atoms with Crippen LogP contribution in [0.25, 0.3) is 5.57 Å². The third-order valence-corrected chi connectivity index (χ3v) is 4.09. The molecule has 116 valence electrons. The highest BCUT2D eigenvalue weighted by atomic mass is 14.5. The maximum atomic E-state index is 5.77. The summed E-state index contributed by atoms with van der Waals surface area (Å²) in [5, 5.41) is 0. The van der Waals surface area contributed by atoms with Crippen LogP contribution in [-0.4, -0.2) is 0 Å². The molecule has 0 saturated heterocycles. The molecule has 0 bridgehead atoms. The lowest BCUT2D eigenvalue weighted by Gasteiger charge is -2.17. The van der Waals surface area contributed by atoms with Crippen LogP contribution in [0.15, 0.2) is 49.0 Å².